The van der Waals surface area contributed by atoms with Crippen molar-refractivity contribution in [3.63, 3.8) is 0 Å². The van der Waals surface area contributed by atoms with Crippen LogP contribution in [-0.4, -0.2) is 27.4 Å². The van der Waals surface area contributed by atoms with Crippen LogP contribution in [0.5, 0.6) is 0 Å². The lowest BCUT2D eigenvalue weighted by molar-refractivity contribution is 0.0170. The molecule has 1 aromatic rings. The average Bonchev–Trinajstić information content (AvgIpc) is 2.30. The summed E-state index contributed by atoms with van der Waals surface area (Å²) in [6.07, 6.45) is 0. The molecule has 0 fully saturated rings. The number of hydrogen-bond acceptors (Lipinski definition) is 3. The van der Waals surface area contributed by atoms with Gasteiger partial charge in [-0.05, 0) is 12.1 Å². The van der Waals surface area contributed by atoms with Gasteiger partial charge in [-0.15, -0.1) is 0 Å². The maximum atomic E-state index is 12.9. The molecule has 0 radical (unpaired) electrons. The lowest BCUT2D eigenvalue weighted by Crippen LogP contribution is -2.41. The van der Waals surface area contributed by atoms with Crippen LogP contribution in [0.3, 0.4) is 0 Å². The molecular formula is C9H10Cl2F2N2O2S. The molecular weight excluding hydrogens is 309 g/mol. The molecule has 102 valence electrons. The number of hydrogen-bond donors (Lipinski definition) is 2. The van der Waals surface area contributed by atoms with E-state index < -0.39 is 29.0 Å². The Morgan fingerprint density at radius 2 is 1.94 bits per heavy atom. The second-order valence-corrected chi connectivity index (χ2v) is 5.96. The molecule has 0 saturated heterocycles. The summed E-state index contributed by atoms with van der Waals surface area (Å²) in [5.74, 6) is -3.32. The Bertz CT molecular complexity index is 537. The molecule has 0 saturated carbocycles. The highest BCUT2D eigenvalue weighted by Gasteiger charge is 2.30. The fourth-order valence-corrected chi connectivity index (χ4v) is 2.86. The van der Waals surface area contributed by atoms with Gasteiger partial charge in [-0.3, -0.25) is 0 Å². The van der Waals surface area contributed by atoms with E-state index in [2.05, 4.69) is 0 Å². The van der Waals surface area contributed by atoms with Crippen molar-refractivity contribution in [3.8, 4) is 0 Å². The van der Waals surface area contributed by atoms with Crippen molar-refractivity contribution in [3.05, 3.63) is 28.2 Å². The second-order valence-electron chi connectivity index (χ2n) is 3.44. The van der Waals surface area contributed by atoms with Crippen molar-refractivity contribution < 1.29 is 17.2 Å². The normalized spacial score (nSPS) is 12.7. The zero-order valence-corrected chi connectivity index (χ0v) is 11.3. The molecule has 18 heavy (non-hydrogen) atoms. The van der Waals surface area contributed by atoms with Crippen LogP contribution in [-0.2, 0) is 10.0 Å². The number of benzene rings is 1. The fourth-order valence-electron chi connectivity index (χ4n) is 1.04. The van der Waals surface area contributed by atoms with Gasteiger partial charge in [-0.1, -0.05) is 29.3 Å². The maximum Gasteiger partial charge on any atom is 0.273 e. The quantitative estimate of drug-likeness (QED) is 0.870. The van der Waals surface area contributed by atoms with E-state index in [4.69, 9.17) is 28.9 Å². The van der Waals surface area contributed by atoms with Crippen molar-refractivity contribution in [2.75, 3.05) is 13.1 Å². The molecule has 1 rings (SSSR count). The van der Waals surface area contributed by atoms with E-state index in [9.17, 15) is 17.2 Å². The number of nitrogens with one attached hydrogen (secondary N) is 1. The molecule has 1 aromatic carbocycles. The van der Waals surface area contributed by atoms with Crippen molar-refractivity contribution in [2.45, 2.75) is 10.8 Å². The van der Waals surface area contributed by atoms with Gasteiger partial charge >= 0.3 is 0 Å². The topological polar surface area (TPSA) is 72.2 Å². The van der Waals surface area contributed by atoms with E-state index in [1.807, 2.05) is 0 Å². The third-order valence-electron chi connectivity index (χ3n) is 2.03. The van der Waals surface area contributed by atoms with E-state index in [1.54, 1.807) is 4.72 Å². The summed E-state index contributed by atoms with van der Waals surface area (Å²) in [6.45, 7) is -2.06. The van der Waals surface area contributed by atoms with Crippen molar-refractivity contribution in [1.29, 1.82) is 0 Å². The summed E-state index contributed by atoms with van der Waals surface area (Å²) < 4.78 is 50.9. The Hall–Kier alpha value is -0.470. The van der Waals surface area contributed by atoms with Crippen LogP contribution < -0.4 is 10.5 Å². The molecule has 4 nitrogen and oxygen atoms in total. The second kappa shape index (κ2) is 5.66. The van der Waals surface area contributed by atoms with Gasteiger partial charge < -0.3 is 5.73 Å². The minimum Gasteiger partial charge on any atom is -0.325 e. The Morgan fingerprint density at radius 1 is 1.33 bits per heavy atom. The number of sulfonamides is 1. The van der Waals surface area contributed by atoms with Gasteiger partial charge in [0.2, 0.25) is 10.0 Å². The Balaban J connectivity index is 2.98. The first kappa shape index (κ1) is 15.6. The van der Waals surface area contributed by atoms with Gasteiger partial charge in [0.1, 0.15) is 4.90 Å². The first-order chi connectivity index (χ1) is 8.19. The third kappa shape index (κ3) is 3.76. The number of alkyl halides is 2. The predicted molar refractivity (Wildman–Crippen MR) is 65.7 cm³/mol. The summed E-state index contributed by atoms with van der Waals surface area (Å²) in [4.78, 5) is -0.357. The van der Waals surface area contributed by atoms with Gasteiger partial charge in [0.05, 0.1) is 23.1 Å². The van der Waals surface area contributed by atoms with Gasteiger partial charge in [0.25, 0.3) is 5.92 Å². The molecule has 3 N–H and O–H groups in total. The number of halogens is 4. The minimum atomic E-state index is -4.16. The van der Waals surface area contributed by atoms with E-state index in [0.717, 1.165) is 6.07 Å². The van der Waals surface area contributed by atoms with Gasteiger partial charge in [0, 0.05) is 0 Å². The summed E-state index contributed by atoms with van der Waals surface area (Å²) in [5, 5.41) is -0.201. The first-order valence-corrected chi connectivity index (χ1v) is 6.95. The first-order valence-electron chi connectivity index (χ1n) is 4.71. The Labute approximate surface area is 113 Å². The molecule has 0 aromatic heterocycles. The van der Waals surface area contributed by atoms with E-state index in [-0.39, 0.29) is 14.9 Å². The summed E-state index contributed by atoms with van der Waals surface area (Å²) >= 11 is 11.3. The zero-order chi connectivity index (χ0) is 14.0. The van der Waals surface area contributed by atoms with Crippen LogP contribution in [0, 0.1) is 0 Å². The fraction of sp³-hybridized carbons (Fsp3) is 0.333. The molecule has 0 amide bonds. The molecule has 0 unspecified atom stereocenters. The SMILES string of the molecule is NCC(F)(F)CNS(=O)(=O)c1cccc(Cl)c1Cl. The van der Waals surface area contributed by atoms with Gasteiger partial charge in [-0.2, -0.15) is 0 Å². The van der Waals surface area contributed by atoms with Crippen LogP contribution in [0.1, 0.15) is 0 Å². The molecule has 0 atom stereocenters. The van der Waals surface area contributed by atoms with Gasteiger partial charge in [0.15, 0.2) is 0 Å². The lowest BCUT2D eigenvalue weighted by Gasteiger charge is -2.15. The molecule has 0 aliphatic heterocycles. The zero-order valence-electron chi connectivity index (χ0n) is 8.96. The van der Waals surface area contributed by atoms with Crippen molar-refractivity contribution in [1.82, 2.24) is 4.72 Å². The summed E-state index contributed by atoms with van der Waals surface area (Å²) in [6, 6.07) is 3.90. The van der Waals surface area contributed by atoms with Crippen molar-refractivity contribution >= 4 is 33.2 Å². The molecule has 0 aliphatic carbocycles. The monoisotopic (exact) mass is 318 g/mol. The largest absolute Gasteiger partial charge is 0.325 e. The molecule has 9 heteroatoms. The van der Waals surface area contributed by atoms with Crippen LogP contribution in [0.25, 0.3) is 0 Å². The molecule has 0 spiro atoms. The van der Waals surface area contributed by atoms with Crippen LogP contribution in [0.15, 0.2) is 23.1 Å². The smallest absolute Gasteiger partial charge is 0.273 e. The lowest BCUT2D eigenvalue weighted by atomic mass is 10.3. The highest BCUT2D eigenvalue weighted by Crippen LogP contribution is 2.28. The van der Waals surface area contributed by atoms with Gasteiger partial charge in [-0.25, -0.2) is 21.9 Å². The molecule has 0 bridgehead atoms. The Kier molecular flexibility index (Phi) is 4.90. The average molecular weight is 319 g/mol. The van der Waals surface area contributed by atoms with Crippen LogP contribution in [0.4, 0.5) is 8.78 Å². The summed E-state index contributed by atoms with van der Waals surface area (Å²) in [7, 11) is -4.16. The molecule has 0 heterocycles. The number of nitrogens with two attached hydrogens (primary N) is 1. The summed E-state index contributed by atoms with van der Waals surface area (Å²) in [5.41, 5.74) is 4.80. The standard InChI is InChI=1S/C9H10Cl2F2N2O2S/c10-6-2-1-3-7(8(6)11)18(16,17)15-5-9(12,13)4-14/h1-3,15H,4-5,14H2. The highest BCUT2D eigenvalue weighted by molar-refractivity contribution is 7.89. The van der Waals surface area contributed by atoms with E-state index in [0.29, 0.717) is 0 Å². The highest BCUT2D eigenvalue weighted by atomic mass is 35.5. The number of rotatable bonds is 5. The van der Waals surface area contributed by atoms with Crippen LogP contribution in [0.2, 0.25) is 10.0 Å². The molecule has 0 aliphatic rings. The van der Waals surface area contributed by atoms with E-state index >= 15 is 0 Å². The minimum absolute atomic E-state index is 0.0186. The Morgan fingerprint density at radius 3 is 2.50 bits per heavy atom. The van der Waals surface area contributed by atoms with E-state index in [1.165, 1.54) is 12.1 Å². The van der Waals surface area contributed by atoms with Crippen LogP contribution >= 0.6 is 23.2 Å². The maximum absolute atomic E-state index is 12.9. The van der Waals surface area contributed by atoms with Crippen molar-refractivity contribution in [2.24, 2.45) is 5.73 Å². The third-order valence-corrected chi connectivity index (χ3v) is 4.40. The predicted octanol–water partition coefficient (Wildman–Crippen LogP) is 1.87.